The number of carboxylic acid groups (broad SMARTS) is 1. The molecule has 0 amide bonds. The topological polar surface area (TPSA) is 74.6 Å². The number of rotatable bonds is 4. The summed E-state index contributed by atoms with van der Waals surface area (Å²) in [7, 11) is 0. The van der Waals surface area contributed by atoms with Crippen molar-refractivity contribution >= 4 is 11.8 Å². The SMILES string of the molecule is CC=C1C(=O)C2C3CC[C@H]([C@H](C)CCC(=O)O)[C@@]3(C)CCC2[C@@]2(C)CC[C@@H](O)C[C@@H]12. The van der Waals surface area contributed by atoms with Crippen LogP contribution in [0.2, 0.25) is 0 Å². The van der Waals surface area contributed by atoms with Crippen LogP contribution in [0.4, 0.5) is 0 Å². The minimum atomic E-state index is -0.705. The Balaban J connectivity index is 1.64. The van der Waals surface area contributed by atoms with Gasteiger partial charge in [0.1, 0.15) is 0 Å². The quantitative estimate of drug-likeness (QED) is 0.614. The van der Waals surface area contributed by atoms with Gasteiger partial charge in [-0.3, -0.25) is 9.59 Å². The fourth-order valence-corrected chi connectivity index (χ4v) is 8.72. The Kier molecular flexibility index (Phi) is 5.70. The molecular formula is C26H40O4. The highest BCUT2D eigenvalue weighted by molar-refractivity contribution is 5.99. The number of fused-ring (bicyclic) bond motifs is 5. The van der Waals surface area contributed by atoms with E-state index in [9.17, 15) is 14.7 Å². The number of carbonyl (C=O) groups excluding carboxylic acids is 1. The summed E-state index contributed by atoms with van der Waals surface area (Å²) < 4.78 is 0. The highest BCUT2D eigenvalue weighted by Gasteiger charge is 2.64. The zero-order valence-corrected chi connectivity index (χ0v) is 19.2. The van der Waals surface area contributed by atoms with Crippen molar-refractivity contribution in [1.82, 2.24) is 0 Å². The third-order valence-electron chi connectivity index (χ3n) is 10.3. The van der Waals surface area contributed by atoms with Crippen molar-refractivity contribution < 1.29 is 19.8 Å². The van der Waals surface area contributed by atoms with Gasteiger partial charge in [-0.2, -0.15) is 0 Å². The van der Waals surface area contributed by atoms with E-state index >= 15 is 0 Å². The first kappa shape index (κ1) is 22.0. The van der Waals surface area contributed by atoms with Crippen LogP contribution in [0.1, 0.15) is 85.5 Å². The van der Waals surface area contributed by atoms with E-state index in [1.165, 1.54) is 0 Å². The van der Waals surface area contributed by atoms with Crippen molar-refractivity contribution in [3.8, 4) is 0 Å². The number of ketones is 1. The first-order valence-corrected chi connectivity index (χ1v) is 12.2. The average molecular weight is 417 g/mol. The maximum Gasteiger partial charge on any atom is 0.303 e. The van der Waals surface area contributed by atoms with Crippen LogP contribution in [0, 0.1) is 46.3 Å². The predicted molar refractivity (Wildman–Crippen MR) is 117 cm³/mol. The first-order chi connectivity index (χ1) is 14.1. The zero-order chi connectivity index (χ0) is 21.8. The Morgan fingerprint density at radius 2 is 1.80 bits per heavy atom. The van der Waals surface area contributed by atoms with Crippen LogP contribution in [0.25, 0.3) is 0 Å². The molecular weight excluding hydrogens is 376 g/mol. The van der Waals surface area contributed by atoms with Crippen LogP contribution in [0.5, 0.6) is 0 Å². The van der Waals surface area contributed by atoms with Gasteiger partial charge in [-0.15, -0.1) is 0 Å². The van der Waals surface area contributed by atoms with Crippen molar-refractivity contribution in [2.24, 2.45) is 46.3 Å². The molecule has 4 saturated carbocycles. The summed E-state index contributed by atoms with van der Waals surface area (Å²) >= 11 is 0. The lowest BCUT2D eigenvalue weighted by Crippen LogP contribution is -2.58. The van der Waals surface area contributed by atoms with Gasteiger partial charge < -0.3 is 10.2 Å². The van der Waals surface area contributed by atoms with Gasteiger partial charge in [-0.05, 0) is 104 Å². The number of aliphatic hydroxyl groups excluding tert-OH is 1. The predicted octanol–water partition coefficient (Wildman–Crippen LogP) is 5.24. The Morgan fingerprint density at radius 3 is 2.47 bits per heavy atom. The van der Waals surface area contributed by atoms with Gasteiger partial charge in [-0.25, -0.2) is 0 Å². The average Bonchev–Trinajstić information content (AvgIpc) is 3.05. The summed E-state index contributed by atoms with van der Waals surface area (Å²) in [5.74, 6) is 1.74. The Hall–Kier alpha value is -1.16. The lowest BCUT2D eigenvalue weighted by molar-refractivity contribution is -0.150. The van der Waals surface area contributed by atoms with Crippen LogP contribution < -0.4 is 0 Å². The minimum absolute atomic E-state index is 0.114. The van der Waals surface area contributed by atoms with E-state index < -0.39 is 5.97 Å². The number of carboxylic acids is 1. The monoisotopic (exact) mass is 416 g/mol. The molecule has 4 aliphatic carbocycles. The van der Waals surface area contributed by atoms with E-state index in [1.807, 2.05) is 13.0 Å². The van der Waals surface area contributed by atoms with E-state index in [2.05, 4.69) is 20.8 Å². The van der Waals surface area contributed by atoms with Gasteiger partial charge >= 0.3 is 5.97 Å². The van der Waals surface area contributed by atoms with E-state index in [4.69, 9.17) is 5.11 Å². The second-order valence-electron chi connectivity index (χ2n) is 11.5. The number of carbonyl (C=O) groups is 2. The summed E-state index contributed by atoms with van der Waals surface area (Å²) in [6.45, 7) is 9.04. The molecule has 0 saturated heterocycles. The van der Waals surface area contributed by atoms with E-state index in [0.29, 0.717) is 29.5 Å². The maximum absolute atomic E-state index is 13.8. The van der Waals surface area contributed by atoms with Crippen molar-refractivity contribution in [3.05, 3.63) is 11.6 Å². The zero-order valence-electron chi connectivity index (χ0n) is 19.2. The Bertz CT molecular complexity index is 741. The van der Waals surface area contributed by atoms with Crippen LogP contribution >= 0.6 is 0 Å². The summed E-state index contributed by atoms with van der Waals surface area (Å²) in [6.07, 6.45) is 9.86. The molecule has 2 N–H and O–H groups in total. The molecule has 0 aromatic rings. The molecule has 0 radical (unpaired) electrons. The number of allylic oxidation sites excluding steroid dienone is 2. The Morgan fingerprint density at radius 1 is 1.13 bits per heavy atom. The second-order valence-corrected chi connectivity index (χ2v) is 11.5. The molecule has 0 bridgehead atoms. The van der Waals surface area contributed by atoms with E-state index in [-0.39, 0.29) is 35.2 Å². The number of aliphatic carboxylic acids is 1. The van der Waals surface area contributed by atoms with Crippen LogP contribution in [0.3, 0.4) is 0 Å². The normalized spacial score (nSPS) is 48.0. The largest absolute Gasteiger partial charge is 0.481 e. The number of hydrogen-bond donors (Lipinski definition) is 2. The highest BCUT2D eigenvalue weighted by atomic mass is 16.4. The summed E-state index contributed by atoms with van der Waals surface area (Å²) in [6, 6.07) is 0. The van der Waals surface area contributed by atoms with Gasteiger partial charge in [0.2, 0.25) is 0 Å². The number of Topliss-reactive ketones (excluding diaryl/α,β-unsaturated/α-hetero) is 1. The molecule has 0 aliphatic heterocycles. The van der Waals surface area contributed by atoms with Gasteiger partial charge in [0.25, 0.3) is 0 Å². The lowest BCUT2D eigenvalue weighted by atomic mass is 9.43. The lowest BCUT2D eigenvalue weighted by Gasteiger charge is -2.61. The smallest absolute Gasteiger partial charge is 0.303 e. The van der Waals surface area contributed by atoms with E-state index in [0.717, 1.165) is 56.9 Å². The van der Waals surface area contributed by atoms with Crippen LogP contribution in [-0.4, -0.2) is 28.1 Å². The summed E-state index contributed by atoms with van der Waals surface area (Å²) in [5, 5.41) is 19.5. The first-order valence-electron chi connectivity index (χ1n) is 12.2. The minimum Gasteiger partial charge on any atom is -0.481 e. The molecule has 4 rings (SSSR count). The summed E-state index contributed by atoms with van der Waals surface area (Å²) in [5.41, 5.74) is 1.25. The molecule has 9 atom stereocenters. The molecule has 0 aromatic heterocycles. The van der Waals surface area contributed by atoms with E-state index in [1.54, 1.807) is 0 Å². The number of aliphatic hydroxyl groups is 1. The van der Waals surface area contributed by atoms with Crippen molar-refractivity contribution in [1.29, 1.82) is 0 Å². The highest BCUT2D eigenvalue weighted by Crippen LogP contribution is 2.68. The van der Waals surface area contributed by atoms with Crippen molar-refractivity contribution in [2.45, 2.75) is 91.6 Å². The summed E-state index contributed by atoms with van der Waals surface area (Å²) in [4.78, 5) is 24.9. The fraction of sp³-hybridized carbons (Fsp3) is 0.846. The molecule has 30 heavy (non-hydrogen) atoms. The Labute approximate surface area is 181 Å². The molecule has 4 nitrogen and oxygen atoms in total. The standard InChI is InChI=1S/C26H40O4/c1-5-17-21-14-16(27)10-12-26(21,4)20-11-13-25(3)18(15(2)6-9-22(28)29)7-8-19(25)23(20)24(17)30/h5,15-16,18-21,23,27H,6-14H2,1-4H3,(H,28,29)/t15-,16-,18-,19?,20?,21+,23?,25-,26-/m1/s1. The van der Waals surface area contributed by atoms with Gasteiger partial charge in [0, 0.05) is 12.3 Å². The molecule has 4 aliphatic rings. The molecule has 0 aromatic carbocycles. The third-order valence-corrected chi connectivity index (χ3v) is 10.3. The van der Waals surface area contributed by atoms with Crippen molar-refractivity contribution in [3.63, 3.8) is 0 Å². The molecule has 3 unspecified atom stereocenters. The van der Waals surface area contributed by atoms with Crippen LogP contribution in [0.15, 0.2) is 11.6 Å². The molecule has 168 valence electrons. The fourth-order valence-electron chi connectivity index (χ4n) is 8.72. The molecule has 4 fully saturated rings. The maximum atomic E-state index is 13.8. The van der Waals surface area contributed by atoms with Crippen LogP contribution in [-0.2, 0) is 9.59 Å². The van der Waals surface area contributed by atoms with Crippen molar-refractivity contribution in [2.75, 3.05) is 0 Å². The van der Waals surface area contributed by atoms with Gasteiger partial charge in [-0.1, -0.05) is 26.8 Å². The van der Waals surface area contributed by atoms with Gasteiger partial charge in [0.05, 0.1) is 6.10 Å². The molecule has 0 spiro atoms. The number of hydrogen-bond acceptors (Lipinski definition) is 3. The third kappa shape index (κ3) is 3.20. The second kappa shape index (κ2) is 7.76. The molecule has 0 heterocycles. The molecule has 4 heteroatoms. The van der Waals surface area contributed by atoms with Gasteiger partial charge in [0.15, 0.2) is 5.78 Å².